The molecule has 10 heteroatoms. The number of hydrogen-bond acceptors (Lipinski definition) is 7. The highest BCUT2D eigenvalue weighted by Crippen LogP contribution is 2.35. The summed E-state index contributed by atoms with van der Waals surface area (Å²) >= 11 is 0. The number of aromatic nitrogens is 4. The van der Waals surface area contributed by atoms with Gasteiger partial charge >= 0.3 is 0 Å². The molecule has 0 radical (unpaired) electrons. The van der Waals surface area contributed by atoms with E-state index in [9.17, 15) is 9.18 Å². The molecule has 1 fully saturated rings. The molecule has 4 N–H and O–H groups in total. The van der Waals surface area contributed by atoms with Crippen molar-refractivity contribution in [2.24, 2.45) is 0 Å². The number of ether oxygens (including phenoxy) is 1. The quantitative estimate of drug-likeness (QED) is 0.463. The van der Waals surface area contributed by atoms with Crippen LogP contribution in [-0.2, 0) is 9.53 Å². The second-order valence-corrected chi connectivity index (χ2v) is 7.33. The van der Waals surface area contributed by atoms with Gasteiger partial charge in [0.1, 0.15) is 35.9 Å². The normalized spacial score (nSPS) is 20.9. The van der Waals surface area contributed by atoms with Gasteiger partial charge in [0.05, 0.1) is 10.9 Å². The Hall–Kier alpha value is -3.79. The van der Waals surface area contributed by atoms with E-state index in [4.69, 9.17) is 10.5 Å². The van der Waals surface area contributed by atoms with Gasteiger partial charge in [-0.3, -0.25) is 4.79 Å². The Balaban J connectivity index is 1.34. The zero-order valence-corrected chi connectivity index (χ0v) is 16.6. The number of anilines is 3. The van der Waals surface area contributed by atoms with Gasteiger partial charge in [0.15, 0.2) is 6.23 Å². The van der Waals surface area contributed by atoms with Gasteiger partial charge in [0.25, 0.3) is 5.91 Å². The highest BCUT2D eigenvalue weighted by atomic mass is 19.1. The van der Waals surface area contributed by atoms with E-state index in [-0.39, 0.29) is 6.42 Å². The Morgan fingerprint density at radius 2 is 2.10 bits per heavy atom. The molecule has 3 aromatic heterocycles. The summed E-state index contributed by atoms with van der Waals surface area (Å²) in [4.78, 5) is 25.3. The molecule has 0 bridgehead atoms. The number of rotatable bonds is 4. The fourth-order valence-electron chi connectivity index (χ4n) is 3.79. The predicted octanol–water partition coefficient (Wildman–Crippen LogP) is 2.87. The molecule has 1 aromatic carbocycles. The monoisotopic (exact) mass is 421 g/mol. The molecule has 0 spiro atoms. The number of halogens is 1. The maximum absolute atomic E-state index is 14.8. The van der Waals surface area contributed by atoms with E-state index in [0.717, 1.165) is 16.7 Å². The largest absolute Gasteiger partial charge is 0.383 e. The van der Waals surface area contributed by atoms with Crippen molar-refractivity contribution in [3.63, 3.8) is 0 Å². The van der Waals surface area contributed by atoms with Crippen molar-refractivity contribution in [3.8, 4) is 0 Å². The molecule has 1 amide bonds. The van der Waals surface area contributed by atoms with Gasteiger partial charge in [0.2, 0.25) is 0 Å². The van der Waals surface area contributed by atoms with Gasteiger partial charge in [-0.25, -0.2) is 19.3 Å². The first-order valence-electron chi connectivity index (χ1n) is 9.79. The minimum atomic E-state index is -1.38. The van der Waals surface area contributed by atoms with Crippen LogP contribution < -0.4 is 16.4 Å². The van der Waals surface area contributed by atoms with Gasteiger partial charge in [-0.1, -0.05) is 6.07 Å². The number of carbonyl (C=O) groups excluding carboxylic acids is 1. The Morgan fingerprint density at radius 3 is 2.94 bits per heavy atom. The van der Waals surface area contributed by atoms with Crippen molar-refractivity contribution in [2.75, 3.05) is 23.4 Å². The average Bonchev–Trinajstić information content (AvgIpc) is 3.37. The summed E-state index contributed by atoms with van der Waals surface area (Å²) in [6, 6.07) is 10.9. The van der Waals surface area contributed by atoms with Gasteiger partial charge in [-0.05, 0) is 30.3 Å². The summed E-state index contributed by atoms with van der Waals surface area (Å²) in [6.07, 6.45) is -0.399. The van der Waals surface area contributed by atoms with Gasteiger partial charge in [0, 0.05) is 30.7 Å². The van der Waals surface area contributed by atoms with Crippen LogP contribution in [-0.4, -0.2) is 44.7 Å². The number of nitrogen functional groups attached to an aromatic ring is 1. The zero-order valence-electron chi connectivity index (χ0n) is 16.6. The minimum Gasteiger partial charge on any atom is -0.383 e. The predicted molar refractivity (Wildman–Crippen MR) is 115 cm³/mol. The number of alkyl halides is 1. The third-order valence-corrected chi connectivity index (χ3v) is 5.37. The first-order valence-corrected chi connectivity index (χ1v) is 9.79. The smallest absolute Gasteiger partial charge is 0.253 e. The molecule has 1 saturated heterocycles. The molecule has 1 aliphatic heterocycles. The number of hydrogen-bond donors (Lipinski definition) is 3. The number of pyridine rings is 1. The third kappa shape index (κ3) is 3.40. The van der Waals surface area contributed by atoms with Crippen LogP contribution in [0.25, 0.3) is 21.9 Å². The summed E-state index contributed by atoms with van der Waals surface area (Å²) in [6.45, 7) is 0. The highest BCUT2D eigenvalue weighted by Gasteiger charge is 2.41. The van der Waals surface area contributed by atoms with Crippen molar-refractivity contribution < 1.29 is 13.9 Å². The summed E-state index contributed by atoms with van der Waals surface area (Å²) in [5, 5.41) is 7.33. The summed E-state index contributed by atoms with van der Waals surface area (Å²) in [7, 11) is 1.79. The van der Waals surface area contributed by atoms with Crippen LogP contribution in [0.2, 0.25) is 0 Å². The van der Waals surface area contributed by atoms with E-state index in [0.29, 0.717) is 22.5 Å². The van der Waals surface area contributed by atoms with E-state index in [2.05, 4.69) is 25.6 Å². The van der Waals surface area contributed by atoms with Crippen molar-refractivity contribution >= 4 is 45.2 Å². The van der Waals surface area contributed by atoms with E-state index in [1.54, 1.807) is 36.0 Å². The molecule has 5 rings (SSSR count). The van der Waals surface area contributed by atoms with E-state index in [1.807, 2.05) is 18.2 Å². The molecule has 158 valence electrons. The van der Waals surface area contributed by atoms with Crippen LogP contribution in [0.3, 0.4) is 0 Å². The van der Waals surface area contributed by atoms with Crippen LogP contribution in [0.4, 0.5) is 21.7 Å². The van der Waals surface area contributed by atoms with Crippen LogP contribution in [0.1, 0.15) is 12.6 Å². The SMILES string of the molecule is CNc1ccc2ccc(NC(=O)C3CC(F)C(n4ccc5c(N)ncnc54)O3)cc2n1. The molecule has 4 heterocycles. The van der Waals surface area contributed by atoms with Crippen LogP contribution in [0, 0.1) is 0 Å². The number of nitrogens with two attached hydrogens (primary N) is 1. The molecule has 9 nitrogen and oxygen atoms in total. The summed E-state index contributed by atoms with van der Waals surface area (Å²) in [5.41, 5.74) is 7.60. The molecule has 0 aliphatic carbocycles. The van der Waals surface area contributed by atoms with Crippen molar-refractivity contribution in [3.05, 3.63) is 48.9 Å². The Kier molecular flexibility index (Phi) is 4.63. The molecule has 4 aromatic rings. The lowest BCUT2D eigenvalue weighted by Gasteiger charge is -2.16. The molecular formula is C21H20FN7O2. The molecular weight excluding hydrogens is 401 g/mol. The summed E-state index contributed by atoms with van der Waals surface area (Å²) in [5.74, 6) is 0.610. The number of fused-ring (bicyclic) bond motifs is 2. The second kappa shape index (κ2) is 7.47. The first kappa shape index (κ1) is 19.2. The first-order chi connectivity index (χ1) is 15.0. The number of nitrogens with one attached hydrogen (secondary N) is 2. The highest BCUT2D eigenvalue weighted by molar-refractivity contribution is 5.96. The fraction of sp³-hybridized carbons (Fsp3) is 0.238. The van der Waals surface area contributed by atoms with Crippen LogP contribution in [0.15, 0.2) is 48.9 Å². The number of benzene rings is 1. The minimum absolute atomic E-state index is 0.0630. The standard InChI is InChI=1S/C21H20FN7O2/c1-24-17-5-3-11-2-4-12(8-15(11)28-17)27-20(30)16-9-14(22)21(31-16)29-7-6-13-18(23)25-10-26-19(13)29/h2-8,10,14,16,21H,9H2,1H3,(H,24,28)(H,27,30)(H2,23,25,26). The lowest BCUT2D eigenvalue weighted by Crippen LogP contribution is -2.27. The van der Waals surface area contributed by atoms with Gasteiger partial charge in [-0.2, -0.15) is 0 Å². The second-order valence-electron chi connectivity index (χ2n) is 7.33. The van der Waals surface area contributed by atoms with E-state index in [1.165, 1.54) is 6.33 Å². The molecule has 3 unspecified atom stereocenters. The lowest BCUT2D eigenvalue weighted by molar-refractivity contribution is -0.128. The zero-order chi connectivity index (χ0) is 21.5. The molecule has 3 atom stereocenters. The van der Waals surface area contributed by atoms with Crippen LogP contribution in [0.5, 0.6) is 0 Å². The van der Waals surface area contributed by atoms with Crippen molar-refractivity contribution in [2.45, 2.75) is 24.9 Å². The van der Waals surface area contributed by atoms with Gasteiger partial charge in [-0.15, -0.1) is 0 Å². The molecule has 0 saturated carbocycles. The molecule has 1 aliphatic rings. The van der Waals surface area contributed by atoms with Gasteiger partial charge < -0.3 is 25.7 Å². The number of carbonyl (C=O) groups is 1. The number of nitrogens with zero attached hydrogens (tertiary/aromatic N) is 4. The average molecular weight is 421 g/mol. The third-order valence-electron chi connectivity index (χ3n) is 5.37. The topological polar surface area (TPSA) is 120 Å². The summed E-state index contributed by atoms with van der Waals surface area (Å²) < 4.78 is 22.1. The van der Waals surface area contributed by atoms with Crippen molar-refractivity contribution in [1.29, 1.82) is 0 Å². The maximum atomic E-state index is 14.8. The van der Waals surface area contributed by atoms with Crippen molar-refractivity contribution in [1.82, 2.24) is 19.5 Å². The lowest BCUT2D eigenvalue weighted by atomic mass is 10.1. The fourth-order valence-corrected chi connectivity index (χ4v) is 3.79. The van der Waals surface area contributed by atoms with Crippen LogP contribution >= 0.6 is 0 Å². The molecule has 31 heavy (non-hydrogen) atoms. The Bertz CT molecular complexity index is 1290. The Morgan fingerprint density at radius 1 is 1.26 bits per heavy atom. The maximum Gasteiger partial charge on any atom is 0.253 e. The van der Waals surface area contributed by atoms with E-state index >= 15 is 0 Å². The number of amides is 1. The Labute approximate surface area is 176 Å². The van der Waals surface area contributed by atoms with E-state index < -0.39 is 24.4 Å².